The van der Waals surface area contributed by atoms with E-state index in [-0.39, 0.29) is 17.9 Å². The number of nitrogens with one attached hydrogen (secondary N) is 2. The Kier molecular flexibility index (Phi) is 7.71. The Bertz CT molecular complexity index is 1450. The third-order valence-corrected chi connectivity index (χ3v) is 6.59. The van der Waals surface area contributed by atoms with E-state index in [1.807, 2.05) is 37.8 Å². The fourth-order valence-corrected chi connectivity index (χ4v) is 4.29. The van der Waals surface area contributed by atoms with Crippen molar-refractivity contribution in [1.29, 1.82) is 0 Å². The van der Waals surface area contributed by atoms with Crippen molar-refractivity contribution >= 4 is 39.9 Å². The standard InChI is InChI=1S/C27H30ClN7O3/c1-16(15-38-25-6-4-5-23(28)32-25)37-10-9-18-11-22(34-35(18)3)20-13-31-26(29-2)21-14-30-24(12-19(20)21)33-27(36)17-7-8-17/h4-6,11-14,16-17H,7-10,15H2,1-3H3,(H,29,31)(H,30,33,36). The van der Waals surface area contributed by atoms with E-state index in [0.29, 0.717) is 42.3 Å². The number of nitrogens with zero attached hydrogens (tertiary/aromatic N) is 5. The van der Waals surface area contributed by atoms with Gasteiger partial charge in [0, 0.05) is 66.9 Å². The summed E-state index contributed by atoms with van der Waals surface area (Å²) in [5.41, 5.74) is 2.67. The van der Waals surface area contributed by atoms with Crippen molar-refractivity contribution in [2.24, 2.45) is 13.0 Å². The molecule has 5 rings (SSSR count). The molecule has 1 aliphatic rings. The van der Waals surface area contributed by atoms with Gasteiger partial charge >= 0.3 is 0 Å². The second kappa shape index (κ2) is 11.3. The van der Waals surface area contributed by atoms with E-state index in [1.165, 1.54) is 0 Å². The average molecular weight is 536 g/mol. The number of hydrogen-bond acceptors (Lipinski definition) is 8. The lowest BCUT2D eigenvalue weighted by atomic mass is 10.1. The largest absolute Gasteiger partial charge is 0.475 e. The Balaban J connectivity index is 1.27. The van der Waals surface area contributed by atoms with Crippen LogP contribution in [-0.4, -0.2) is 57.0 Å². The highest BCUT2D eigenvalue weighted by Crippen LogP contribution is 2.34. The van der Waals surface area contributed by atoms with Gasteiger partial charge in [-0.25, -0.2) is 15.0 Å². The minimum atomic E-state index is -0.123. The van der Waals surface area contributed by atoms with Crippen molar-refractivity contribution in [3.8, 4) is 17.1 Å². The predicted octanol–water partition coefficient (Wildman–Crippen LogP) is 4.50. The second-order valence-corrected chi connectivity index (χ2v) is 9.72. The van der Waals surface area contributed by atoms with Gasteiger partial charge in [0.2, 0.25) is 11.8 Å². The molecule has 0 saturated heterocycles. The van der Waals surface area contributed by atoms with Crippen LogP contribution in [0.3, 0.4) is 0 Å². The van der Waals surface area contributed by atoms with E-state index in [1.54, 1.807) is 30.6 Å². The molecule has 0 aromatic carbocycles. The molecule has 4 aromatic rings. The molecule has 10 nitrogen and oxygen atoms in total. The van der Waals surface area contributed by atoms with E-state index in [2.05, 4.69) is 25.6 Å². The van der Waals surface area contributed by atoms with Crippen LogP contribution in [0.4, 0.5) is 11.6 Å². The zero-order chi connectivity index (χ0) is 26.6. The summed E-state index contributed by atoms with van der Waals surface area (Å²) in [5.74, 6) is 1.83. The van der Waals surface area contributed by atoms with E-state index in [4.69, 9.17) is 26.2 Å². The molecule has 4 heterocycles. The van der Waals surface area contributed by atoms with Gasteiger partial charge in [0.1, 0.15) is 23.4 Å². The summed E-state index contributed by atoms with van der Waals surface area (Å²) < 4.78 is 13.5. The third-order valence-electron chi connectivity index (χ3n) is 6.38. The van der Waals surface area contributed by atoms with Crippen LogP contribution in [0.25, 0.3) is 22.0 Å². The smallest absolute Gasteiger partial charge is 0.228 e. The maximum absolute atomic E-state index is 12.3. The summed E-state index contributed by atoms with van der Waals surface area (Å²) in [6.45, 7) is 2.83. The minimum absolute atomic E-state index is 0.0184. The number of pyridine rings is 3. The SMILES string of the molecule is CNc1ncc(-c2cc(CCOC(C)COc3cccc(Cl)n3)n(C)n2)c2cc(NC(=O)C3CC3)ncc12. The molecule has 198 valence electrons. The number of aryl methyl sites for hydroxylation is 1. The highest BCUT2D eigenvalue weighted by atomic mass is 35.5. The fourth-order valence-electron chi connectivity index (χ4n) is 4.14. The van der Waals surface area contributed by atoms with Crippen LogP contribution in [-0.2, 0) is 23.0 Å². The molecule has 1 unspecified atom stereocenters. The van der Waals surface area contributed by atoms with Gasteiger partial charge in [0.15, 0.2) is 0 Å². The molecule has 38 heavy (non-hydrogen) atoms. The number of rotatable bonds is 11. The molecule has 1 amide bonds. The third kappa shape index (κ3) is 6.03. The van der Waals surface area contributed by atoms with Crippen LogP contribution in [0.1, 0.15) is 25.5 Å². The minimum Gasteiger partial charge on any atom is -0.475 e. The number of halogens is 1. The molecule has 0 spiro atoms. The van der Waals surface area contributed by atoms with E-state index < -0.39 is 0 Å². The molecule has 4 aromatic heterocycles. The molecule has 1 saturated carbocycles. The quantitative estimate of drug-likeness (QED) is 0.270. The van der Waals surface area contributed by atoms with Crippen molar-refractivity contribution in [3.05, 3.63) is 53.6 Å². The van der Waals surface area contributed by atoms with Crippen molar-refractivity contribution in [3.63, 3.8) is 0 Å². The van der Waals surface area contributed by atoms with Gasteiger partial charge in [-0.1, -0.05) is 17.7 Å². The lowest BCUT2D eigenvalue weighted by Gasteiger charge is -2.14. The van der Waals surface area contributed by atoms with Crippen LogP contribution >= 0.6 is 11.6 Å². The van der Waals surface area contributed by atoms with Crippen molar-refractivity contribution in [2.45, 2.75) is 32.3 Å². The summed E-state index contributed by atoms with van der Waals surface area (Å²) in [4.78, 5) is 25.4. The zero-order valence-electron chi connectivity index (χ0n) is 21.6. The maximum atomic E-state index is 12.3. The number of carbonyl (C=O) groups is 1. The number of anilines is 2. The number of amides is 1. The van der Waals surface area contributed by atoms with Gasteiger partial charge < -0.3 is 20.1 Å². The molecule has 1 atom stereocenters. The van der Waals surface area contributed by atoms with Gasteiger partial charge in [0.25, 0.3) is 0 Å². The second-order valence-electron chi connectivity index (χ2n) is 9.33. The summed E-state index contributed by atoms with van der Waals surface area (Å²) in [6.07, 6.45) is 5.95. The summed E-state index contributed by atoms with van der Waals surface area (Å²) in [7, 11) is 3.73. The Labute approximate surface area is 225 Å². The van der Waals surface area contributed by atoms with Gasteiger partial charge in [-0.2, -0.15) is 5.10 Å². The van der Waals surface area contributed by atoms with Crippen LogP contribution in [0.15, 0.2) is 42.7 Å². The van der Waals surface area contributed by atoms with Crippen molar-refractivity contribution in [2.75, 3.05) is 30.9 Å². The fraction of sp³-hybridized carbons (Fsp3) is 0.370. The predicted molar refractivity (Wildman–Crippen MR) is 147 cm³/mol. The van der Waals surface area contributed by atoms with E-state index in [9.17, 15) is 4.79 Å². The zero-order valence-corrected chi connectivity index (χ0v) is 22.3. The first-order valence-electron chi connectivity index (χ1n) is 12.6. The molecule has 1 aliphatic carbocycles. The Morgan fingerprint density at radius 2 is 2.05 bits per heavy atom. The number of hydrogen-bond donors (Lipinski definition) is 2. The Morgan fingerprint density at radius 1 is 1.21 bits per heavy atom. The van der Waals surface area contributed by atoms with Gasteiger partial charge in [-0.15, -0.1) is 0 Å². The normalized spacial score (nSPS) is 13.9. The van der Waals surface area contributed by atoms with Crippen molar-refractivity contribution in [1.82, 2.24) is 24.7 Å². The Morgan fingerprint density at radius 3 is 2.82 bits per heavy atom. The molecule has 1 fully saturated rings. The molecule has 11 heteroatoms. The first-order valence-corrected chi connectivity index (χ1v) is 13.0. The molecule has 0 aliphatic heterocycles. The molecule has 2 N–H and O–H groups in total. The molecule has 0 radical (unpaired) electrons. The Hall–Kier alpha value is -3.76. The first kappa shape index (κ1) is 25.9. The number of aromatic nitrogens is 5. The summed E-state index contributed by atoms with van der Waals surface area (Å²) in [5, 5.41) is 13.0. The van der Waals surface area contributed by atoms with Crippen LogP contribution < -0.4 is 15.4 Å². The number of ether oxygens (including phenoxy) is 2. The number of fused-ring (bicyclic) bond motifs is 1. The van der Waals surface area contributed by atoms with Gasteiger partial charge in [0.05, 0.1) is 18.4 Å². The van der Waals surface area contributed by atoms with E-state index >= 15 is 0 Å². The molecular formula is C27H30ClN7O3. The van der Waals surface area contributed by atoms with Gasteiger partial charge in [-0.3, -0.25) is 9.48 Å². The highest BCUT2D eigenvalue weighted by Gasteiger charge is 2.30. The summed E-state index contributed by atoms with van der Waals surface area (Å²) >= 11 is 5.90. The molecular weight excluding hydrogens is 506 g/mol. The lowest BCUT2D eigenvalue weighted by molar-refractivity contribution is -0.117. The van der Waals surface area contributed by atoms with E-state index in [0.717, 1.165) is 40.6 Å². The van der Waals surface area contributed by atoms with Gasteiger partial charge in [-0.05, 0) is 38.0 Å². The highest BCUT2D eigenvalue weighted by molar-refractivity contribution is 6.29. The molecule has 0 bridgehead atoms. The topological polar surface area (TPSA) is 116 Å². The van der Waals surface area contributed by atoms with Crippen LogP contribution in [0.2, 0.25) is 5.15 Å². The number of carbonyl (C=O) groups excluding carboxylic acids is 1. The monoisotopic (exact) mass is 535 g/mol. The average Bonchev–Trinajstić information content (AvgIpc) is 3.70. The van der Waals surface area contributed by atoms with Crippen LogP contribution in [0.5, 0.6) is 5.88 Å². The lowest BCUT2D eigenvalue weighted by Crippen LogP contribution is -2.20. The van der Waals surface area contributed by atoms with Crippen LogP contribution in [0, 0.1) is 5.92 Å². The first-order chi connectivity index (χ1) is 18.4. The maximum Gasteiger partial charge on any atom is 0.228 e. The van der Waals surface area contributed by atoms with Crippen molar-refractivity contribution < 1.29 is 14.3 Å². The summed E-state index contributed by atoms with van der Waals surface area (Å²) in [6, 6.07) is 9.19.